The average Bonchev–Trinajstić information content (AvgIpc) is 3.01. The zero-order valence-corrected chi connectivity index (χ0v) is 14.0. The number of hydrogen-bond donors (Lipinski definition) is 1. The number of aryl methyl sites for hydroxylation is 1. The average molecular weight is 340 g/mol. The highest BCUT2D eigenvalue weighted by Crippen LogP contribution is 2.20. The highest BCUT2D eigenvalue weighted by molar-refractivity contribution is 7.11. The molecule has 1 N–H and O–H groups in total. The summed E-state index contributed by atoms with van der Waals surface area (Å²) in [5.41, 5.74) is 2.25. The molecule has 0 spiro atoms. The minimum Gasteiger partial charge on any atom is -0.306 e. The number of aromatic amines is 1. The molecule has 4 heterocycles. The van der Waals surface area contributed by atoms with Gasteiger partial charge in [0, 0.05) is 43.0 Å². The van der Waals surface area contributed by atoms with E-state index in [1.54, 1.807) is 23.7 Å². The summed E-state index contributed by atoms with van der Waals surface area (Å²) in [5, 5.41) is 1.08. The third kappa shape index (κ3) is 2.98. The Bertz CT molecular complexity index is 920. The van der Waals surface area contributed by atoms with E-state index in [1.807, 2.05) is 6.20 Å². The van der Waals surface area contributed by atoms with Gasteiger partial charge in [0.25, 0.3) is 5.56 Å². The van der Waals surface area contributed by atoms with Crippen LogP contribution >= 0.6 is 11.3 Å². The van der Waals surface area contributed by atoms with Crippen LogP contribution in [0.2, 0.25) is 0 Å². The van der Waals surface area contributed by atoms with E-state index < -0.39 is 0 Å². The van der Waals surface area contributed by atoms with Gasteiger partial charge in [-0.2, -0.15) is 0 Å². The Morgan fingerprint density at radius 1 is 1.29 bits per heavy atom. The first kappa shape index (κ1) is 15.1. The lowest BCUT2D eigenvalue weighted by molar-refractivity contribution is 0.241. The summed E-state index contributed by atoms with van der Waals surface area (Å²) in [4.78, 5) is 35.8. The molecular formula is C16H16N6OS. The molecule has 0 bridgehead atoms. The second-order valence-corrected chi connectivity index (χ2v) is 7.11. The second kappa shape index (κ2) is 6.21. The van der Waals surface area contributed by atoms with Gasteiger partial charge >= 0.3 is 0 Å². The Morgan fingerprint density at radius 3 is 2.88 bits per heavy atom. The first-order chi connectivity index (χ1) is 11.7. The Kier molecular flexibility index (Phi) is 3.91. The number of fused-ring (bicyclic) bond motifs is 1. The minimum atomic E-state index is -0.0844. The van der Waals surface area contributed by atoms with Crippen LogP contribution in [0.15, 0.2) is 29.7 Å². The Morgan fingerprint density at radius 2 is 2.12 bits per heavy atom. The summed E-state index contributed by atoms with van der Waals surface area (Å²) >= 11 is 1.70. The van der Waals surface area contributed by atoms with Crippen molar-refractivity contribution >= 4 is 11.3 Å². The lowest BCUT2D eigenvalue weighted by Crippen LogP contribution is -2.35. The van der Waals surface area contributed by atoms with Crippen molar-refractivity contribution in [2.75, 3.05) is 6.54 Å². The fourth-order valence-corrected chi connectivity index (χ4v) is 3.67. The molecule has 122 valence electrons. The van der Waals surface area contributed by atoms with Crippen LogP contribution in [0.5, 0.6) is 0 Å². The molecule has 0 radical (unpaired) electrons. The molecule has 0 fully saturated rings. The lowest BCUT2D eigenvalue weighted by Gasteiger charge is -2.26. The Labute approximate surface area is 142 Å². The molecule has 0 saturated carbocycles. The Hall–Kier alpha value is -2.45. The molecule has 1 aliphatic rings. The number of nitrogens with zero attached hydrogens (tertiary/aromatic N) is 5. The van der Waals surface area contributed by atoms with Crippen LogP contribution in [0.4, 0.5) is 0 Å². The van der Waals surface area contributed by atoms with Gasteiger partial charge in [-0.25, -0.2) is 19.9 Å². The van der Waals surface area contributed by atoms with E-state index in [0.29, 0.717) is 12.4 Å². The van der Waals surface area contributed by atoms with Gasteiger partial charge in [-0.3, -0.25) is 9.69 Å². The number of thiazole rings is 1. The first-order valence-electron chi connectivity index (χ1n) is 7.70. The SMILES string of the molecule is Cc1cnc(CN2CCc3nc(-c4cncnc4)[nH]c(=O)c3C2)s1. The van der Waals surface area contributed by atoms with Crippen molar-refractivity contribution in [3.63, 3.8) is 0 Å². The van der Waals surface area contributed by atoms with Gasteiger partial charge in [-0.15, -0.1) is 11.3 Å². The number of rotatable bonds is 3. The third-order valence-corrected chi connectivity index (χ3v) is 4.91. The molecule has 0 saturated heterocycles. The van der Waals surface area contributed by atoms with Crippen LogP contribution in [0.3, 0.4) is 0 Å². The molecule has 0 aromatic carbocycles. The highest BCUT2D eigenvalue weighted by atomic mass is 32.1. The topological polar surface area (TPSA) is 87.7 Å². The Balaban J connectivity index is 1.59. The van der Waals surface area contributed by atoms with Gasteiger partial charge in [0.1, 0.15) is 17.2 Å². The number of hydrogen-bond acceptors (Lipinski definition) is 7. The maximum atomic E-state index is 12.5. The van der Waals surface area contributed by atoms with E-state index in [9.17, 15) is 4.79 Å². The molecule has 4 rings (SSSR count). The smallest absolute Gasteiger partial charge is 0.255 e. The molecular weight excluding hydrogens is 324 g/mol. The quantitative estimate of drug-likeness (QED) is 0.778. The van der Waals surface area contributed by atoms with E-state index in [1.165, 1.54) is 11.2 Å². The molecule has 0 atom stereocenters. The van der Waals surface area contributed by atoms with Crippen molar-refractivity contribution in [3.05, 3.63) is 56.4 Å². The van der Waals surface area contributed by atoms with E-state index in [0.717, 1.165) is 41.3 Å². The van der Waals surface area contributed by atoms with Crippen LogP contribution in [-0.4, -0.2) is 36.4 Å². The molecule has 24 heavy (non-hydrogen) atoms. The van der Waals surface area contributed by atoms with Crippen molar-refractivity contribution in [1.29, 1.82) is 0 Å². The molecule has 0 aliphatic carbocycles. The van der Waals surface area contributed by atoms with Gasteiger partial charge < -0.3 is 4.98 Å². The molecule has 0 amide bonds. The normalized spacial score (nSPS) is 14.5. The van der Waals surface area contributed by atoms with Crippen molar-refractivity contribution in [2.24, 2.45) is 0 Å². The van der Waals surface area contributed by atoms with Gasteiger partial charge in [0.2, 0.25) is 0 Å². The zero-order valence-electron chi connectivity index (χ0n) is 13.2. The minimum absolute atomic E-state index is 0.0844. The zero-order chi connectivity index (χ0) is 16.5. The fourth-order valence-electron chi connectivity index (χ4n) is 2.84. The van der Waals surface area contributed by atoms with E-state index in [-0.39, 0.29) is 5.56 Å². The van der Waals surface area contributed by atoms with Gasteiger partial charge in [-0.1, -0.05) is 0 Å². The maximum absolute atomic E-state index is 12.5. The molecule has 3 aromatic heterocycles. The standard InChI is InChI=1S/C16H16N6OS/c1-10-4-19-14(24-10)8-22-3-2-13-12(7-22)16(23)21-15(20-13)11-5-17-9-18-6-11/h4-6,9H,2-3,7-8H2,1H3,(H,20,21,23). The predicted octanol–water partition coefficient (Wildman–Crippen LogP) is 1.55. The fraction of sp³-hybridized carbons (Fsp3) is 0.312. The second-order valence-electron chi connectivity index (χ2n) is 5.79. The molecule has 3 aromatic rings. The molecule has 1 aliphatic heterocycles. The van der Waals surface area contributed by atoms with Crippen molar-refractivity contribution in [2.45, 2.75) is 26.4 Å². The monoisotopic (exact) mass is 340 g/mol. The molecule has 0 unspecified atom stereocenters. The van der Waals surface area contributed by atoms with Crippen LogP contribution in [0, 0.1) is 6.92 Å². The summed E-state index contributed by atoms with van der Waals surface area (Å²) in [6.07, 6.45) is 7.40. The summed E-state index contributed by atoms with van der Waals surface area (Å²) in [6.45, 7) is 4.29. The van der Waals surface area contributed by atoms with E-state index in [4.69, 9.17) is 0 Å². The molecule has 7 nitrogen and oxygen atoms in total. The summed E-state index contributed by atoms with van der Waals surface area (Å²) in [5.74, 6) is 0.531. The van der Waals surface area contributed by atoms with Gasteiger partial charge in [0.05, 0.1) is 23.4 Å². The van der Waals surface area contributed by atoms with Crippen LogP contribution in [-0.2, 0) is 19.5 Å². The lowest BCUT2D eigenvalue weighted by atomic mass is 10.1. The number of H-pyrrole nitrogens is 1. The van der Waals surface area contributed by atoms with Gasteiger partial charge in [-0.05, 0) is 6.92 Å². The van der Waals surface area contributed by atoms with Crippen molar-refractivity contribution in [3.8, 4) is 11.4 Å². The van der Waals surface area contributed by atoms with Crippen LogP contribution < -0.4 is 5.56 Å². The summed E-state index contributed by atoms with van der Waals surface area (Å²) in [7, 11) is 0. The van der Waals surface area contributed by atoms with E-state index >= 15 is 0 Å². The summed E-state index contributed by atoms with van der Waals surface area (Å²) in [6, 6.07) is 0. The maximum Gasteiger partial charge on any atom is 0.255 e. The number of nitrogens with one attached hydrogen (secondary N) is 1. The van der Waals surface area contributed by atoms with Crippen LogP contribution in [0.1, 0.15) is 21.1 Å². The largest absolute Gasteiger partial charge is 0.306 e. The van der Waals surface area contributed by atoms with Crippen molar-refractivity contribution < 1.29 is 0 Å². The van der Waals surface area contributed by atoms with Crippen molar-refractivity contribution in [1.82, 2.24) is 29.8 Å². The molecule has 8 heteroatoms. The van der Waals surface area contributed by atoms with Crippen LogP contribution in [0.25, 0.3) is 11.4 Å². The highest BCUT2D eigenvalue weighted by Gasteiger charge is 2.22. The van der Waals surface area contributed by atoms with E-state index in [2.05, 4.69) is 36.7 Å². The first-order valence-corrected chi connectivity index (χ1v) is 8.52. The van der Waals surface area contributed by atoms with Gasteiger partial charge in [0.15, 0.2) is 0 Å². The number of aromatic nitrogens is 5. The third-order valence-electron chi connectivity index (χ3n) is 4.01. The summed E-state index contributed by atoms with van der Waals surface area (Å²) < 4.78 is 0. The predicted molar refractivity (Wildman–Crippen MR) is 90.6 cm³/mol.